The van der Waals surface area contributed by atoms with Crippen LogP contribution in [0.2, 0.25) is 5.02 Å². The summed E-state index contributed by atoms with van der Waals surface area (Å²) >= 11 is 5.89. The van der Waals surface area contributed by atoms with Gasteiger partial charge in [0.05, 0.1) is 19.2 Å². The van der Waals surface area contributed by atoms with E-state index in [0.717, 1.165) is 0 Å². The molecule has 0 spiro atoms. The predicted molar refractivity (Wildman–Crippen MR) is 76.6 cm³/mol. The maximum Gasteiger partial charge on any atom is 0.224 e. The molecule has 21 heavy (non-hydrogen) atoms. The molecule has 0 radical (unpaired) electrons. The zero-order valence-corrected chi connectivity index (χ0v) is 12.2. The Bertz CT molecular complexity index is 581. The molecule has 0 aliphatic heterocycles. The van der Waals surface area contributed by atoms with Crippen molar-refractivity contribution in [2.75, 3.05) is 13.7 Å². The van der Waals surface area contributed by atoms with Gasteiger partial charge in [-0.25, -0.2) is 4.39 Å². The summed E-state index contributed by atoms with van der Waals surface area (Å²) in [7, 11) is 1.52. The minimum absolute atomic E-state index is 0.125. The molecule has 0 saturated carbocycles. The smallest absolute Gasteiger partial charge is 0.224 e. The van der Waals surface area contributed by atoms with Crippen LogP contribution in [0.25, 0.3) is 0 Å². The van der Waals surface area contributed by atoms with Gasteiger partial charge in [0.25, 0.3) is 0 Å². The third-order valence-electron chi connectivity index (χ3n) is 3.03. The average molecular weight is 312 g/mol. The van der Waals surface area contributed by atoms with Gasteiger partial charge in [-0.3, -0.25) is 4.79 Å². The monoisotopic (exact) mass is 311 g/mol. The van der Waals surface area contributed by atoms with Crippen LogP contribution in [0, 0.1) is 5.82 Å². The predicted octanol–water partition coefficient (Wildman–Crippen LogP) is 3.12. The number of furan rings is 1. The third kappa shape index (κ3) is 4.06. The number of hydrogen-bond donors (Lipinski definition) is 1. The van der Waals surface area contributed by atoms with Gasteiger partial charge in [-0.15, -0.1) is 0 Å². The van der Waals surface area contributed by atoms with Crippen LogP contribution in [-0.2, 0) is 16.0 Å². The standard InChI is InChI=1S/C15H15ClFNO3/c1-20-14(13-6-3-7-21-13)9-18-15(19)8-10-11(16)4-2-5-12(10)17/h2-7,14H,8-9H2,1H3,(H,18,19)/t14-/m1/s1. The highest BCUT2D eigenvalue weighted by molar-refractivity contribution is 6.31. The van der Waals surface area contributed by atoms with E-state index < -0.39 is 5.82 Å². The molecule has 0 aliphatic rings. The van der Waals surface area contributed by atoms with Gasteiger partial charge in [0.2, 0.25) is 5.91 Å². The Labute approximate surface area is 126 Å². The largest absolute Gasteiger partial charge is 0.467 e. The van der Waals surface area contributed by atoms with E-state index in [9.17, 15) is 9.18 Å². The SMILES string of the molecule is CO[C@H](CNC(=O)Cc1c(F)cccc1Cl)c1ccco1. The second-order valence-electron chi connectivity index (χ2n) is 4.42. The normalized spacial score (nSPS) is 12.1. The molecule has 0 bridgehead atoms. The highest BCUT2D eigenvalue weighted by Gasteiger charge is 2.16. The molecule has 0 unspecified atom stereocenters. The molecule has 1 aromatic carbocycles. The molecule has 0 aliphatic carbocycles. The van der Waals surface area contributed by atoms with Gasteiger partial charge in [0.1, 0.15) is 17.7 Å². The Morgan fingerprint density at radius 2 is 2.24 bits per heavy atom. The van der Waals surface area contributed by atoms with Crippen LogP contribution in [0.4, 0.5) is 4.39 Å². The van der Waals surface area contributed by atoms with Gasteiger partial charge in [0.15, 0.2) is 0 Å². The minimum atomic E-state index is -0.494. The summed E-state index contributed by atoms with van der Waals surface area (Å²) < 4.78 is 24.0. The number of carbonyl (C=O) groups excluding carboxylic acids is 1. The Balaban J connectivity index is 1.93. The van der Waals surface area contributed by atoms with Crippen molar-refractivity contribution in [3.05, 3.63) is 58.8 Å². The van der Waals surface area contributed by atoms with Crippen molar-refractivity contribution in [1.29, 1.82) is 0 Å². The summed E-state index contributed by atoms with van der Waals surface area (Å²) in [5.74, 6) is -0.218. The summed E-state index contributed by atoms with van der Waals surface area (Å²) in [5, 5.41) is 2.91. The lowest BCUT2D eigenvalue weighted by atomic mass is 10.1. The summed E-state index contributed by atoms with van der Waals surface area (Å²) in [6.07, 6.45) is 1.02. The molecule has 1 aromatic heterocycles. The summed E-state index contributed by atoms with van der Waals surface area (Å²) in [4.78, 5) is 11.9. The molecule has 112 valence electrons. The van der Waals surface area contributed by atoms with Crippen LogP contribution in [0.15, 0.2) is 41.0 Å². The van der Waals surface area contributed by atoms with Crippen molar-refractivity contribution in [3.8, 4) is 0 Å². The fourth-order valence-corrected chi connectivity index (χ4v) is 2.14. The Morgan fingerprint density at radius 3 is 2.86 bits per heavy atom. The van der Waals surface area contributed by atoms with Gasteiger partial charge in [-0.05, 0) is 24.3 Å². The third-order valence-corrected chi connectivity index (χ3v) is 3.38. The summed E-state index contributed by atoms with van der Waals surface area (Å²) in [5.41, 5.74) is 0.184. The topological polar surface area (TPSA) is 51.5 Å². The highest BCUT2D eigenvalue weighted by atomic mass is 35.5. The zero-order chi connectivity index (χ0) is 15.2. The van der Waals surface area contributed by atoms with E-state index in [4.69, 9.17) is 20.8 Å². The molecule has 0 fully saturated rings. The van der Waals surface area contributed by atoms with Gasteiger partial charge in [-0.2, -0.15) is 0 Å². The number of ether oxygens (including phenoxy) is 1. The summed E-state index contributed by atoms with van der Waals surface area (Å²) in [6, 6.07) is 7.82. The van der Waals surface area contributed by atoms with Crippen LogP contribution >= 0.6 is 11.6 Å². The molecule has 1 N–H and O–H groups in total. The number of carbonyl (C=O) groups is 1. The number of benzene rings is 1. The van der Waals surface area contributed by atoms with Crippen LogP contribution < -0.4 is 5.32 Å². The van der Waals surface area contributed by atoms with Gasteiger partial charge < -0.3 is 14.5 Å². The molecule has 6 heteroatoms. The number of nitrogens with one attached hydrogen (secondary N) is 1. The Kier molecular flexibility index (Phi) is 5.36. The van der Waals surface area contributed by atoms with Crippen LogP contribution in [0.5, 0.6) is 0 Å². The van der Waals surface area contributed by atoms with Crippen molar-refractivity contribution in [2.24, 2.45) is 0 Å². The van der Waals surface area contributed by atoms with Crippen molar-refractivity contribution >= 4 is 17.5 Å². The highest BCUT2D eigenvalue weighted by Crippen LogP contribution is 2.20. The maximum atomic E-state index is 13.6. The molecule has 1 heterocycles. The van der Waals surface area contributed by atoms with Crippen molar-refractivity contribution in [1.82, 2.24) is 5.32 Å². The minimum Gasteiger partial charge on any atom is -0.467 e. The molecule has 1 atom stereocenters. The molecular weight excluding hydrogens is 297 g/mol. The second-order valence-corrected chi connectivity index (χ2v) is 4.83. The quantitative estimate of drug-likeness (QED) is 0.891. The summed E-state index contributed by atoms with van der Waals surface area (Å²) in [6.45, 7) is 0.231. The molecule has 0 saturated heterocycles. The molecular formula is C15H15ClFNO3. The molecule has 4 nitrogen and oxygen atoms in total. The molecule has 2 aromatic rings. The first-order valence-electron chi connectivity index (χ1n) is 6.37. The Hall–Kier alpha value is -1.85. The first-order valence-corrected chi connectivity index (χ1v) is 6.75. The van der Waals surface area contributed by atoms with Crippen molar-refractivity contribution in [2.45, 2.75) is 12.5 Å². The van der Waals surface area contributed by atoms with Crippen molar-refractivity contribution in [3.63, 3.8) is 0 Å². The second kappa shape index (κ2) is 7.24. The first kappa shape index (κ1) is 15.5. The average Bonchev–Trinajstić information content (AvgIpc) is 2.98. The van der Waals surface area contributed by atoms with Crippen LogP contribution in [0.3, 0.4) is 0 Å². The Morgan fingerprint density at radius 1 is 1.43 bits per heavy atom. The lowest BCUT2D eigenvalue weighted by Gasteiger charge is -2.14. The zero-order valence-electron chi connectivity index (χ0n) is 11.4. The van der Waals surface area contributed by atoms with Crippen molar-refractivity contribution < 1.29 is 18.3 Å². The van der Waals surface area contributed by atoms with E-state index in [2.05, 4.69) is 5.32 Å². The van der Waals surface area contributed by atoms with E-state index in [1.165, 1.54) is 25.5 Å². The van der Waals surface area contributed by atoms with Gasteiger partial charge in [0, 0.05) is 17.7 Å². The number of rotatable bonds is 6. The fraction of sp³-hybridized carbons (Fsp3) is 0.267. The number of hydrogen-bond acceptors (Lipinski definition) is 3. The van der Waals surface area contributed by atoms with Crippen LogP contribution in [-0.4, -0.2) is 19.6 Å². The van der Waals surface area contributed by atoms with E-state index in [-0.39, 0.29) is 35.6 Å². The van der Waals surface area contributed by atoms with Gasteiger partial charge >= 0.3 is 0 Å². The number of amides is 1. The lowest BCUT2D eigenvalue weighted by Crippen LogP contribution is -2.30. The van der Waals surface area contributed by atoms with Gasteiger partial charge in [-0.1, -0.05) is 17.7 Å². The lowest BCUT2D eigenvalue weighted by molar-refractivity contribution is -0.121. The van der Waals surface area contributed by atoms with E-state index in [0.29, 0.717) is 5.76 Å². The number of halogens is 2. The molecule has 2 rings (SSSR count). The molecule has 1 amide bonds. The van der Waals surface area contributed by atoms with E-state index in [1.54, 1.807) is 18.2 Å². The van der Waals surface area contributed by atoms with E-state index in [1.807, 2.05) is 0 Å². The maximum absolute atomic E-state index is 13.6. The number of methoxy groups -OCH3 is 1. The first-order chi connectivity index (χ1) is 10.1. The fourth-order valence-electron chi connectivity index (χ4n) is 1.91. The van der Waals surface area contributed by atoms with E-state index >= 15 is 0 Å². The van der Waals surface area contributed by atoms with Crippen LogP contribution in [0.1, 0.15) is 17.4 Å².